The van der Waals surface area contributed by atoms with Crippen LogP contribution in [0.2, 0.25) is 5.02 Å². The third kappa shape index (κ3) is 4.05. The fourth-order valence-corrected chi connectivity index (χ4v) is 3.22. The van der Waals surface area contributed by atoms with Gasteiger partial charge >= 0.3 is 0 Å². The van der Waals surface area contributed by atoms with Crippen molar-refractivity contribution in [1.82, 2.24) is 9.71 Å². The lowest BCUT2D eigenvalue weighted by atomic mass is 10.0. The van der Waals surface area contributed by atoms with Gasteiger partial charge in [-0.15, -0.1) is 4.72 Å². The van der Waals surface area contributed by atoms with Crippen LogP contribution in [-0.4, -0.2) is 25.8 Å². The Bertz CT molecular complexity index is 560. The summed E-state index contributed by atoms with van der Waals surface area (Å²) in [4.78, 5) is 4.21. The van der Waals surface area contributed by atoms with Gasteiger partial charge in [0, 0.05) is 23.1 Å². The number of hydrogen-bond acceptors (Lipinski definition) is 4. The summed E-state index contributed by atoms with van der Waals surface area (Å²) in [5, 5.41) is 3.69. The van der Waals surface area contributed by atoms with Gasteiger partial charge in [0.15, 0.2) is 0 Å². The first-order chi connectivity index (χ1) is 9.68. The Balaban J connectivity index is 2.22. The number of halogens is 2. The van der Waals surface area contributed by atoms with Crippen molar-refractivity contribution in [2.24, 2.45) is 0 Å². The van der Waals surface area contributed by atoms with Gasteiger partial charge in [-0.3, -0.25) is 0 Å². The maximum Gasteiger partial charge on any atom is 0.136 e. The molecule has 1 aromatic heterocycles. The molecule has 3 atom stereocenters. The van der Waals surface area contributed by atoms with Crippen LogP contribution >= 0.6 is 23.2 Å². The second kappa shape index (κ2) is 6.34. The van der Waals surface area contributed by atoms with E-state index < -0.39 is 16.9 Å². The second-order valence-electron chi connectivity index (χ2n) is 5.96. The molecule has 0 radical (unpaired) electrons. The topological polar surface area (TPSA) is 60.0 Å². The molecular formula is C14H19Cl2N3OS. The number of hydrogen-bond donors (Lipinski definition) is 2. The average Bonchev–Trinajstić information content (AvgIpc) is 2.37. The minimum Gasteiger partial charge on any atom is -0.598 e. The van der Waals surface area contributed by atoms with Gasteiger partial charge in [-0.05, 0) is 45.4 Å². The molecule has 2 N–H and O–H groups in total. The molecule has 0 aliphatic carbocycles. The summed E-state index contributed by atoms with van der Waals surface area (Å²) >= 11 is 11.2. The number of nitrogens with zero attached hydrogens (tertiary/aromatic N) is 1. The number of nitrogens with one attached hydrogen (secondary N) is 2. The maximum atomic E-state index is 12.2. The van der Waals surface area contributed by atoms with Crippen LogP contribution in [0, 0.1) is 0 Å². The summed E-state index contributed by atoms with van der Waals surface area (Å²) in [5.41, 5.74) is 1.39. The smallest absolute Gasteiger partial charge is 0.136 e. The number of aromatic nitrogens is 1. The van der Waals surface area contributed by atoms with Crippen LogP contribution in [0.4, 0.5) is 5.82 Å². The van der Waals surface area contributed by atoms with Crippen molar-refractivity contribution in [1.29, 1.82) is 0 Å². The molecule has 2 unspecified atom stereocenters. The zero-order chi connectivity index (χ0) is 15.8. The average molecular weight is 348 g/mol. The van der Waals surface area contributed by atoms with Crippen molar-refractivity contribution in [2.75, 3.05) is 5.32 Å². The Morgan fingerprint density at radius 2 is 2.14 bits per heavy atom. The second-order valence-corrected chi connectivity index (χ2v) is 8.83. The quantitative estimate of drug-likeness (QED) is 0.498. The Morgan fingerprint density at radius 3 is 2.76 bits per heavy atom. The molecule has 4 nitrogen and oxygen atoms in total. The predicted molar refractivity (Wildman–Crippen MR) is 91.0 cm³/mol. The van der Waals surface area contributed by atoms with Gasteiger partial charge in [0.1, 0.15) is 16.1 Å². The molecule has 0 saturated heterocycles. The number of fused-ring (bicyclic) bond motifs is 1. The molecule has 7 heteroatoms. The van der Waals surface area contributed by atoms with E-state index >= 15 is 0 Å². The van der Waals surface area contributed by atoms with Crippen molar-refractivity contribution in [3.05, 3.63) is 28.4 Å². The number of anilines is 1. The van der Waals surface area contributed by atoms with E-state index in [9.17, 15) is 4.55 Å². The molecule has 0 amide bonds. The summed E-state index contributed by atoms with van der Waals surface area (Å²) < 4.78 is 15.0. The normalized spacial score (nSPS) is 21.1. The lowest BCUT2D eigenvalue weighted by Gasteiger charge is -2.30. The summed E-state index contributed by atoms with van der Waals surface area (Å²) in [6.07, 6.45) is 3.52. The fraction of sp³-hybridized carbons (Fsp3) is 0.500. The Labute approximate surface area is 138 Å². The highest BCUT2D eigenvalue weighted by molar-refractivity contribution is 7.90. The molecular weight excluding hydrogens is 329 g/mol. The zero-order valence-electron chi connectivity index (χ0n) is 12.4. The molecule has 0 bridgehead atoms. The highest BCUT2D eigenvalue weighted by atomic mass is 35.5. The highest BCUT2D eigenvalue weighted by Gasteiger charge is 2.31. The Morgan fingerprint density at radius 1 is 1.48 bits per heavy atom. The van der Waals surface area contributed by atoms with Crippen LogP contribution in [0.5, 0.6) is 0 Å². The molecule has 0 aromatic carbocycles. The SMILES string of the molecule is C[C@H](N[S+]([O-])C(C)(C)C)C1=Cc2cc(Cl)cnc2NC1Cl. The van der Waals surface area contributed by atoms with Crippen molar-refractivity contribution in [3.8, 4) is 0 Å². The predicted octanol–water partition coefficient (Wildman–Crippen LogP) is 3.55. The molecule has 2 rings (SSSR count). The molecule has 2 heterocycles. The summed E-state index contributed by atoms with van der Waals surface area (Å²) in [7, 11) is 0. The van der Waals surface area contributed by atoms with E-state index in [1.807, 2.05) is 39.8 Å². The van der Waals surface area contributed by atoms with Gasteiger partial charge in [0.2, 0.25) is 0 Å². The number of pyridine rings is 1. The standard InChI is InChI=1S/C14H19Cl2N3OS/c1-8(19-21(20)14(2,3)4)11-6-9-5-10(15)7-17-13(9)18-12(11)16/h5-8,12,19H,1-4H3,(H,17,18)/t8-,12?,21?/m0/s1. The number of rotatable bonds is 3. The Kier molecular flexibility index (Phi) is 5.11. The molecule has 0 spiro atoms. The van der Waals surface area contributed by atoms with E-state index in [1.165, 1.54) is 0 Å². The fourth-order valence-electron chi connectivity index (χ4n) is 1.89. The van der Waals surface area contributed by atoms with Gasteiger partial charge in [0.25, 0.3) is 0 Å². The van der Waals surface area contributed by atoms with Crippen molar-refractivity contribution in [3.63, 3.8) is 0 Å². The highest BCUT2D eigenvalue weighted by Crippen LogP contribution is 2.31. The first-order valence-corrected chi connectivity index (χ1v) is 8.60. The van der Waals surface area contributed by atoms with Crippen molar-refractivity contribution < 1.29 is 4.55 Å². The summed E-state index contributed by atoms with van der Waals surface area (Å²) in [6.45, 7) is 7.71. The van der Waals surface area contributed by atoms with Crippen LogP contribution in [0.15, 0.2) is 17.8 Å². The van der Waals surface area contributed by atoms with Crippen LogP contribution in [0.25, 0.3) is 6.08 Å². The molecule has 1 aromatic rings. The van der Waals surface area contributed by atoms with E-state index in [1.54, 1.807) is 6.20 Å². The molecule has 116 valence electrons. The maximum absolute atomic E-state index is 12.2. The van der Waals surface area contributed by atoms with E-state index in [2.05, 4.69) is 15.0 Å². The van der Waals surface area contributed by atoms with E-state index in [4.69, 9.17) is 23.2 Å². The summed E-state index contributed by atoms with van der Waals surface area (Å²) in [6, 6.07) is 1.69. The third-order valence-corrected chi connectivity index (χ3v) is 5.35. The monoisotopic (exact) mass is 347 g/mol. The van der Waals surface area contributed by atoms with Gasteiger partial charge in [-0.1, -0.05) is 23.2 Å². The number of alkyl halides is 1. The molecule has 21 heavy (non-hydrogen) atoms. The van der Waals surface area contributed by atoms with Gasteiger partial charge < -0.3 is 9.87 Å². The van der Waals surface area contributed by atoms with E-state index in [0.717, 1.165) is 11.1 Å². The lowest BCUT2D eigenvalue weighted by molar-refractivity contribution is 0.535. The molecule has 0 fully saturated rings. The zero-order valence-corrected chi connectivity index (χ0v) is 14.7. The molecule has 1 aliphatic rings. The Hall–Kier alpha value is -0.460. The van der Waals surface area contributed by atoms with Gasteiger partial charge in [0.05, 0.1) is 11.1 Å². The van der Waals surface area contributed by atoms with E-state index in [-0.39, 0.29) is 10.8 Å². The van der Waals surface area contributed by atoms with Crippen LogP contribution in [0.1, 0.15) is 33.3 Å². The van der Waals surface area contributed by atoms with Gasteiger partial charge in [-0.2, -0.15) is 0 Å². The lowest BCUT2D eigenvalue weighted by Crippen LogP contribution is -2.46. The van der Waals surface area contributed by atoms with Crippen molar-refractivity contribution in [2.45, 2.75) is 44.0 Å². The third-order valence-electron chi connectivity index (χ3n) is 3.10. The first-order valence-electron chi connectivity index (χ1n) is 6.64. The van der Waals surface area contributed by atoms with Crippen LogP contribution in [-0.2, 0) is 11.4 Å². The summed E-state index contributed by atoms with van der Waals surface area (Å²) in [5.74, 6) is 0.701. The van der Waals surface area contributed by atoms with Gasteiger partial charge in [-0.25, -0.2) is 4.98 Å². The van der Waals surface area contributed by atoms with E-state index in [0.29, 0.717) is 10.8 Å². The van der Waals surface area contributed by atoms with Crippen molar-refractivity contribution >= 4 is 46.5 Å². The van der Waals surface area contributed by atoms with Crippen LogP contribution in [0.3, 0.4) is 0 Å². The first kappa shape index (κ1) is 16.9. The molecule has 1 aliphatic heterocycles. The molecule has 0 saturated carbocycles. The largest absolute Gasteiger partial charge is 0.598 e. The minimum absolute atomic E-state index is 0.132. The minimum atomic E-state index is -1.17. The van der Waals surface area contributed by atoms with Crippen LogP contribution < -0.4 is 10.0 Å².